The first-order valence-corrected chi connectivity index (χ1v) is 8.06. The number of aryl methyl sites for hydroxylation is 1. The van der Waals surface area contributed by atoms with Crippen LogP contribution in [0.25, 0.3) is 0 Å². The summed E-state index contributed by atoms with van der Waals surface area (Å²) in [6.45, 7) is 4.47. The summed E-state index contributed by atoms with van der Waals surface area (Å²) in [7, 11) is 0.400. The van der Waals surface area contributed by atoms with Gasteiger partial charge in [-0.05, 0) is 44.5 Å². The second-order valence-electron chi connectivity index (χ2n) is 5.47. The first-order chi connectivity index (χ1) is 8.91. The third-order valence-electron chi connectivity index (χ3n) is 3.79. The zero-order valence-corrected chi connectivity index (χ0v) is 12.7. The number of hydrogen-bond donors (Lipinski definition) is 0. The van der Waals surface area contributed by atoms with E-state index in [9.17, 15) is 8.42 Å². The Morgan fingerprint density at radius 2 is 2.05 bits per heavy atom. The molecule has 0 N–H and O–H groups in total. The van der Waals surface area contributed by atoms with E-state index < -0.39 is 10.0 Å². The lowest BCUT2D eigenvalue weighted by Gasteiger charge is -2.21. The van der Waals surface area contributed by atoms with E-state index in [0.29, 0.717) is 17.4 Å². The number of hydrogen-bond acceptors (Lipinski definition) is 3. The molecule has 0 saturated carbocycles. The predicted octanol–water partition coefficient (Wildman–Crippen LogP) is 1.57. The summed E-state index contributed by atoms with van der Waals surface area (Å²) < 4.78 is 26.6. The molecule has 1 aliphatic heterocycles. The van der Waals surface area contributed by atoms with Crippen LogP contribution in [0, 0.1) is 12.8 Å². The van der Waals surface area contributed by atoms with Crippen LogP contribution in [0.5, 0.6) is 0 Å². The van der Waals surface area contributed by atoms with E-state index in [0.717, 1.165) is 25.1 Å². The minimum Gasteiger partial charge on any atom is -0.306 e. The van der Waals surface area contributed by atoms with E-state index in [1.807, 2.05) is 19.1 Å². The molecule has 1 fully saturated rings. The maximum absolute atomic E-state index is 12.5. The fourth-order valence-corrected chi connectivity index (χ4v) is 4.12. The van der Waals surface area contributed by atoms with Gasteiger partial charge in [0.05, 0.1) is 4.90 Å². The second-order valence-corrected chi connectivity index (χ2v) is 7.48. The van der Waals surface area contributed by atoms with E-state index in [1.165, 1.54) is 4.31 Å². The lowest BCUT2D eigenvalue weighted by molar-refractivity contribution is 0.356. The van der Waals surface area contributed by atoms with Crippen molar-refractivity contribution < 1.29 is 8.42 Å². The molecule has 1 aromatic rings. The molecule has 0 aromatic heterocycles. The number of nitrogens with zero attached hydrogens (tertiary/aromatic N) is 2. The average molecular weight is 282 g/mol. The molecule has 1 aromatic carbocycles. The molecule has 1 saturated heterocycles. The standard InChI is InChI=1S/C14H22N2O2S/c1-12-6-4-5-7-14(12)19(17,18)16(3)11-13-8-9-15(2)10-13/h4-7,13H,8-11H2,1-3H3/t13-/m0/s1. The Hall–Kier alpha value is -0.910. The Balaban J connectivity index is 2.14. The highest BCUT2D eigenvalue weighted by atomic mass is 32.2. The summed E-state index contributed by atoms with van der Waals surface area (Å²) in [5, 5.41) is 0. The fourth-order valence-electron chi connectivity index (χ4n) is 2.65. The molecule has 0 spiro atoms. The fraction of sp³-hybridized carbons (Fsp3) is 0.571. The molecule has 4 nitrogen and oxygen atoms in total. The number of benzene rings is 1. The van der Waals surface area contributed by atoms with Crippen LogP contribution in [0.2, 0.25) is 0 Å². The van der Waals surface area contributed by atoms with Gasteiger partial charge in [0, 0.05) is 20.1 Å². The van der Waals surface area contributed by atoms with Gasteiger partial charge >= 0.3 is 0 Å². The predicted molar refractivity (Wildman–Crippen MR) is 76.6 cm³/mol. The van der Waals surface area contributed by atoms with Crippen molar-refractivity contribution in [2.24, 2.45) is 5.92 Å². The van der Waals surface area contributed by atoms with Crippen molar-refractivity contribution in [3.63, 3.8) is 0 Å². The van der Waals surface area contributed by atoms with Gasteiger partial charge in [-0.1, -0.05) is 18.2 Å². The highest BCUT2D eigenvalue weighted by Crippen LogP contribution is 2.22. The van der Waals surface area contributed by atoms with Crippen LogP contribution in [0.3, 0.4) is 0 Å². The third-order valence-corrected chi connectivity index (χ3v) is 5.77. The molecule has 0 unspecified atom stereocenters. The molecule has 0 amide bonds. The van der Waals surface area contributed by atoms with Crippen molar-refractivity contribution in [3.8, 4) is 0 Å². The molecular formula is C14H22N2O2S. The lowest BCUT2D eigenvalue weighted by atomic mass is 10.1. The van der Waals surface area contributed by atoms with Crippen molar-refractivity contribution in [1.29, 1.82) is 0 Å². The van der Waals surface area contributed by atoms with Gasteiger partial charge in [-0.25, -0.2) is 12.7 Å². The smallest absolute Gasteiger partial charge is 0.243 e. The van der Waals surface area contributed by atoms with E-state index in [-0.39, 0.29) is 0 Å². The van der Waals surface area contributed by atoms with Gasteiger partial charge < -0.3 is 4.90 Å². The molecule has 106 valence electrons. The minimum atomic E-state index is -3.36. The maximum Gasteiger partial charge on any atom is 0.243 e. The monoisotopic (exact) mass is 282 g/mol. The first kappa shape index (κ1) is 14.5. The molecule has 19 heavy (non-hydrogen) atoms. The van der Waals surface area contributed by atoms with Gasteiger partial charge in [0.1, 0.15) is 0 Å². The number of likely N-dealkylation sites (tertiary alicyclic amines) is 1. The van der Waals surface area contributed by atoms with Crippen LogP contribution in [-0.2, 0) is 10.0 Å². The highest BCUT2D eigenvalue weighted by molar-refractivity contribution is 7.89. The summed E-state index contributed by atoms with van der Waals surface area (Å²) in [6.07, 6.45) is 1.07. The number of sulfonamides is 1. The van der Waals surface area contributed by atoms with Crippen LogP contribution < -0.4 is 0 Å². The van der Waals surface area contributed by atoms with Gasteiger partial charge in [0.25, 0.3) is 0 Å². The Morgan fingerprint density at radius 3 is 2.63 bits per heavy atom. The molecule has 1 aliphatic rings. The van der Waals surface area contributed by atoms with Gasteiger partial charge in [0.2, 0.25) is 10.0 Å². The molecule has 1 atom stereocenters. The third kappa shape index (κ3) is 3.16. The quantitative estimate of drug-likeness (QED) is 0.841. The molecule has 0 bridgehead atoms. The maximum atomic E-state index is 12.5. The van der Waals surface area contributed by atoms with Gasteiger partial charge in [-0.3, -0.25) is 0 Å². The van der Waals surface area contributed by atoms with Crippen molar-refractivity contribution in [1.82, 2.24) is 9.21 Å². The van der Waals surface area contributed by atoms with Crippen LogP contribution in [0.15, 0.2) is 29.2 Å². The average Bonchev–Trinajstić information content (AvgIpc) is 2.75. The van der Waals surface area contributed by atoms with Crippen LogP contribution >= 0.6 is 0 Å². The van der Waals surface area contributed by atoms with E-state index in [1.54, 1.807) is 19.2 Å². The summed E-state index contributed by atoms with van der Waals surface area (Å²) in [6, 6.07) is 7.16. The molecule has 0 aliphatic carbocycles. The molecule has 5 heteroatoms. The second kappa shape index (κ2) is 5.61. The van der Waals surface area contributed by atoms with Crippen molar-refractivity contribution in [2.75, 3.05) is 33.7 Å². The van der Waals surface area contributed by atoms with Crippen LogP contribution in [0.4, 0.5) is 0 Å². The first-order valence-electron chi connectivity index (χ1n) is 6.62. The van der Waals surface area contributed by atoms with E-state index in [2.05, 4.69) is 11.9 Å². The van der Waals surface area contributed by atoms with Crippen LogP contribution in [-0.4, -0.2) is 51.4 Å². The molecule has 2 rings (SSSR count). The topological polar surface area (TPSA) is 40.6 Å². The number of rotatable bonds is 4. The van der Waals surface area contributed by atoms with Crippen LogP contribution in [0.1, 0.15) is 12.0 Å². The Labute approximate surface area is 116 Å². The summed E-state index contributed by atoms with van der Waals surface area (Å²) in [4.78, 5) is 2.67. The van der Waals surface area contributed by atoms with Gasteiger partial charge in [-0.15, -0.1) is 0 Å². The summed E-state index contributed by atoms with van der Waals surface area (Å²) >= 11 is 0. The Morgan fingerprint density at radius 1 is 1.37 bits per heavy atom. The minimum absolute atomic E-state index is 0.420. The SMILES string of the molecule is Cc1ccccc1S(=O)(=O)N(C)C[C@H]1CCN(C)C1. The molecular weight excluding hydrogens is 260 g/mol. The van der Waals surface area contributed by atoms with Gasteiger partial charge in [0.15, 0.2) is 0 Å². The summed E-state index contributed by atoms with van der Waals surface area (Å²) in [5.74, 6) is 0.439. The van der Waals surface area contributed by atoms with Gasteiger partial charge in [-0.2, -0.15) is 0 Å². The normalized spacial score (nSPS) is 21.2. The molecule has 1 heterocycles. The Kier molecular flexibility index (Phi) is 4.28. The largest absolute Gasteiger partial charge is 0.306 e. The van der Waals surface area contributed by atoms with Crippen molar-refractivity contribution >= 4 is 10.0 Å². The zero-order chi connectivity index (χ0) is 14.0. The molecule has 0 radical (unpaired) electrons. The highest BCUT2D eigenvalue weighted by Gasteiger charge is 2.27. The lowest BCUT2D eigenvalue weighted by Crippen LogP contribution is -2.33. The van der Waals surface area contributed by atoms with E-state index >= 15 is 0 Å². The Bertz CT molecular complexity index is 542. The zero-order valence-electron chi connectivity index (χ0n) is 11.8. The van der Waals surface area contributed by atoms with Crippen molar-refractivity contribution in [2.45, 2.75) is 18.2 Å². The van der Waals surface area contributed by atoms with E-state index in [4.69, 9.17) is 0 Å². The summed E-state index contributed by atoms with van der Waals surface area (Å²) in [5.41, 5.74) is 0.804. The van der Waals surface area contributed by atoms with Crippen molar-refractivity contribution in [3.05, 3.63) is 29.8 Å².